The molecule has 0 heterocycles. The van der Waals surface area contributed by atoms with Gasteiger partial charge in [-0.2, -0.15) is 0 Å². The highest BCUT2D eigenvalue weighted by atomic mass is 35.5. The fraction of sp³-hybridized carbons (Fsp3) is 0.286. The molecule has 8 heteroatoms. The van der Waals surface area contributed by atoms with E-state index in [0.717, 1.165) is 5.56 Å². The molecule has 0 aliphatic carbocycles. The van der Waals surface area contributed by atoms with E-state index in [-0.39, 0.29) is 30.7 Å². The number of nitrogens with zero attached hydrogens (tertiary/aromatic N) is 1. The lowest BCUT2D eigenvalue weighted by atomic mass is 10.0. The molecule has 0 bridgehead atoms. The maximum absolute atomic E-state index is 13.8. The summed E-state index contributed by atoms with van der Waals surface area (Å²) < 4.78 is 0. The molecule has 0 saturated heterocycles. The molecule has 190 valence electrons. The van der Waals surface area contributed by atoms with Crippen LogP contribution in [0, 0.1) is 5.92 Å². The second-order valence-electron chi connectivity index (χ2n) is 8.98. The highest BCUT2D eigenvalue weighted by molar-refractivity contribution is 6.36. The minimum atomic E-state index is -0.794. The smallest absolute Gasteiger partial charge is 0.243 e. The molecular weight excluding hydrogens is 538 g/mol. The normalized spacial score (nSPS) is 11.9. The molecule has 2 amide bonds. The van der Waals surface area contributed by atoms with E-state index in [1.165, 1.54) is 0 Å². The Balaban J connectivity index is 2.02. The third-order valence-corrected chi connectivity index (χ3v) is 7.00. The van der Waals surface area contributed by atoms with Gasteiger partial charge in [-0.05, 0) is 41.3 Å². The Kier molecular flexibility index (Phi) is 10.5. The van der Waals surface area contributed by atoms with Crippen LogP contribution in [0.4, 0.5) is 0 Å². The molecule has 0 spiro atoms. The number of amides is 2. The van der Waals surface area contributed by atoms with Crippen molar-refractivity contribution in [3.8, 4) is 0 Å². The van der Waals surface area contributed by atoms with Crippen LogP contribution in [0.1, 0.15) is 30.5 Å². The Hall–Kier alpha value is -2.24. The van der Waals surface area contributed by atoms with Gasteiger partial charge < -0.3 is 10.2 Å². The molecule has 0 radical (unpaired) electrons. The molecule has 0 fully saturated rings. The zero-order valence-corrected chi connectivity index (χ0v) is 23.1. The molecule has 0 saturated carbocycles. The van der Waals surface area contributed by atoms with Crippen LogP contribution in [0.2, 0.25) is 20.1 Å². The van der Waals surface area contributed by atoms with E-state index in [2.05, 4.69) is 5.32 Å². The van der Waals surface area contributed by atoms with Crippen LogP contribution in [0.15, 0.2) is 66.7 Å². The van der Waals surface area contributed by atoms with E-state index in [0.29, 0.717) is 44.2 Å². The molecule has 0 aliphatic heterocycles. The van der Waals surface area contributed by atoms with Gasteiger partial charge in [-0.25, -0.2) is 0 Å². The zero-order valence-electron chi connectivity index (χ0n) is 20.1. The van der Waals surface area contributed by atoms with Gasteiger partial charge in [0, 0.05) is 45.2 Å². The average Bonchev–Trinajstić information content (AvgIpc) is 2.83. The number of benzene rings is 3. The van der Waals surface area contributed by atoms with Gasteiger partial charge >= 0.3 is 0 Å². The van der Waals surface area contributed by atoms with Crippen molar-refractivity contribution < 1.29 is 9.59 Å². The second kappa shape index (κ2) is 13.3. The predicted molar refractivity (Wildman–Crippen MR) is 149 cm³/mol. The summed E-state index contributed by atoms with van der Waals surface area (Å²) in [6.07, 6.45) is 0.313. The lowest BCUT2D eigenvalue weighted by molar-refractivity contribution is -0.140. The van der Waals surface area contributed by atoms with Crippen LogP contribution >= 0.6 is 46.4 Å². The molecule has 1 N–H and O–H groups in total. The first-order chi connectivity index (χ1) is 17.2. The summed E-state index contributed by atoms with van der Waals surface area (Å²) >= 11 is 25.3. The van der Waals surface area contributed by atoms with E-state index < -0.39 is 6.04 Å². The van der Waals surface area contributed by atoms with E-state index in [4.69, 9.17) is 46.4 Å². The summed E-state index contributed by atoms with van der Waals surface area (Å²) in [7, 11) is 0. The molecule has 1 atom stereocenters. The average molecular weight is 566 g/mol. The summed E-state index contributed by atoms with van der Waals surface area (Å²) in [4.78, 5) is 28.9. The summed E-state index contributed by atoms with van der Waals surface area (Å²) in [6.45, 7) is 4.58. The first kappa shape index (κ1) is 28.3. The molecule has 0 unspecified atom stereocenters. The zero-order chi connectivity index (χ0) is 26.2. The van der Waals surface area contributed by atoms with Gasteiger partial charge in [0.1, 0.15) is 6.04 Å². The summed E-state index contributed by atoms with van der Waals surface area (Å²) in [5.74, 6) is -0.275. The lowest BCUT2D eigenvalue weighted by Crippen LogP contribution is -2.51. The van der Waals surface area contributed by atoms with Gasteiger partial charge in [-0.15, -0.1) is 0 Å². The van der Waals surface area contributed by atoms with Crippen LogP contribution in [-0.4, -0.2) is 29.3 Å². The van der Waals surface area contributed by atoms with Gasteiger partial charge in [0.05, 0.1) is 6.42 Å². The molecule has 3 aromatic carbocycles. The summed E-state index contributed by atoms with van der Waals surface area (Å²) in [5, 5.41) is 4.70. The van der Waals surface area contributed by atoms with Crippen molar-refractivity contribution in [3.05, 3.63) is 104 Å². The van der Waals surface area contributed by atoms with E-state index >= 15 is 0 Å². The van der Waals surface area contributed by atoms with Gasteiger partial charge in [0.15, 0.2) is 0 Å². The second-order valence-corrected chi connectivity index (χ2v) is 10.6. The number of hydrogen-bond donors (Lipinski definition) is 1. The maximum Gasteiger partial charge on any atom is 0.243 e. The van der Waals surface area contributed by atoms with Crippen LogP contribution in [0.25, 0.3) is 0 Å². The summed E-state index contributed by atoms with van der Waals surface area (Å²) in [6, 6.07) is 19.0. The summed E-state index contributed by atoms with van der Waals surface area (Å²) in [5.41, 5.74) is 2.11. The number of halogens is 4. The number of hydrogen-bond acceptors (Lipinski definition) is 2. The van der Waals surface area contributed by atoms with Crippen molar-refractivity contribution in [2.24, 2.45) is 5.92 Å². The topological polar surface area (TPSA) is 49.4 Å². The number of nitrogens with one attached hydrogen (secondary N) is 1. The monoisotopic (exact) mass is 564 g/mol. The third-order valence-electron chi connectivity index (χ3n) is 5.70. The van der Waals surface area contributed by atoms with E-state index in [1.807, 2.05) is 44.2 Å². The number of rotatable bonds is 10. The fourth-order valence-corrected chi connectivity index (χ4v) is 4.75. The van der Waals surface area contributed by atoms with Crippen molar-refractivity contribution in [1.82, 2.24) is 10.2 Å². The Morgan fingerprint density at radius 1 is 0.861 bits per heavy atom. The Morgan fingerprint density at radius 3 is 2.14 bits per heavy atom. The van der Waals surface area contributed by atoms with Gasteiger partial charge in [0.25, 0.3) is 0 Å². The van der Waals surface area contributed by atoms with Crippen LogP contribution in [-0.2, 0) is 29.0 Å². The molecule has 4 nitrogen and oxygen atoms in total. The lowest BCUT2D eigenvalue weighted by Gasteiger charge is -2.32. The highest BCUT2D eigenvalue weighted by Gasteiger charge is 2.31. The number of carbonyl (C=O) groups excluding carboxylic acids is 2. The minimum Gasteiger partial charge on any atom is -0.354 e. The van der Waals surface area contributed by atoms with Crippen LogP contribution in [0.3, 0.4) is 0 Å². The van der Waals surface area contributed by atoms with E-state index in [9.17, 15) is 9.59 Å². The molecule has 0 aliphatic rings. The Labute approximate surface area is 232 Å². The van der Waals surface area contributed by atoms with Crippen molar-refractivity contribution in [1.29, 1.82) is 0 Å². The molecule has 0 aromatic heterocycles. The van der Waals surface area contributed by atoms with Crippen LogP contribution < -0.4 is 5.32 Å². The number of carbonyl (C=O) groups is 2. The Bertz CT molecular complexity index is 1180. The highest BCUT2D eigenvalue weighted by Crippen LogP contribution is 2.28. The first-order valence-corrected chi connectivity index (χ1v) is 13.1. The molecule has 3 rings (SSSR count). The third kappa shape index (κ3) is 7.88. The van der Waals surface area contributed by atoms with Crippen molar-refractivity contribution in [3.63, 3.8) is 0 Å². The largest absolute Gasteiger partial charge is 0.354 e. The fourth-order valence-electron chi connectivity index (χ4n) is 3.76. The first-order valence-electron chi connectivity index (χ1n) is 11.6. The van der Waals surface area contributed by atoms with E-state index in [1.54, 1.807) is 41.3 Å². The molecule has 36 heavy (non-hydrogen) atoms. The SMILES string of the molecule is CC(C)CNC(=O)[C@@H](Cc1ccccc1)N(Cc1c(Cl)cccc1Cl)C(=O)Cc1ccc(Cl)cc1Cl. The van der Waals surface area contributed by atoms with Crippen molar-refractivity contribution >= 4 is 58.2 Å². The molecular formula is C28H28Cl4N2O2. The van der Waals surface area contributed by atoms with Crippen LogP contribution in [0.5, 0.6) is 0 Å². The van der Waals surface area contributed by atoms with Gasteiger partial charge in [-0.3, -0.25) is 9.59 Å². The minimum absolute atomic E-state index is 0.0131. The van der Waals surface area contributed by atoms with Gasteiger partial charge in [-0.1, -0.05) is 103 Å². The van der Waals surface area contributed by atoms with Crippen molar-refractivity contribution in [2.75, 3.05) is 6.54 Å². The Morgan fingerprint density at radius 2 is 1.53 bits per heavy atom. The molecule has 3 aromatic rings. The standard InChI is InChI=1S/C28H28Cl4N2O2/c1-18(2)16-33-28(36)26(13-19-7-4-3-5-8-19)34(17-22-23(30)9-6-10-24(22)31)27(35)14-20-11-12-21(29)15-25(20)32/h3-12,15,18,26H,13-14,16-17H2,1-2H3,(H,33,36)/t26-/m1/s1. The van der Waals surface area contributed by atoms with Crippen molar-refractivity contribution in [2.45, 2.75) is 39.3 Å². The predicted octanol–water partition coefficient (Wildman–Crippen LogP) is 7.26. The van der Waals surface area contributed by atoms with Gasteiger partial charge in [0.2, 0.25) is 11.8 Å². The maximum atomic E-state index is 13.8. The quantitative estimate of drug-likeness (QED) is 0.281.